The zero-order valence-corrected chi connectivity index (χ0v) is 9.29. The lowest BCUT2D eigenvalue weighted by Gasteiger charge is -1.93. The molecule has 1 aromatic carbocycles. The van der Waals surface area contributed by atoms with E-state index in [1.54, 1.807) is 28.9 Å². The first kappa shape index (κ1) is 11.3. The van der Waals surface area contributed by atoms with Gasteiger partial charge in [-0.05, 0) is 12.1 Å². The number of nitro benzene ring substituents is 1. The lowest BCUT2D eigenvalue weighted by molar-refractivity contribution is -0.384. The molecule has 0 saturated heterocycles. The van der Waals surface area contributed by atoms with Crippen LogP contribution in [0.25, 0.3) is 16.8 Å². The number of non-ortho nitro benzene ring substituents is 1. The predicted octanol–water partition coefficient (Wildman–Crippen LogP) is 2.21. The number of fused-ring (bicyclic) bond motifs is 3. The highest BCUT2D eigenvalue weighted by molar-refractivity contribution is 5.85. The molecule has 2 aromatic heterocycles. The van der Waals surface area contributed by atoms with Crippen LogP contribution in [0.3, 0.4) is 0 Å². The topological polar surface area (TPSA) is 73.3 Å². The van der Waals surface area contributed by atoms with Crippen molar-refractivity contribution in [1.82, 2.24) is 14.4 Å². The fourth-order valence-corrected chi connectivity index (χ4v) is 1.65. The third-order valence-electron chi connectivity index (χ3n) is 2.38. The molecular formula is C10H7ClN4O2. The van der Waals surface area contributed by atoms with Crippen LogP contribution in [-0.2, 0) is 0 Å². The van der Waals surface area contributed by atoms with Crippen molar-refractivity contribution in [3.05, 3.63) is 46.8 Å². The first-order valence-corrected chi connectivity index (χ1v) is 4.63. The highest BCUT2D eigenvalue weighted by Crippen LogP contribution is 2.20. The van der Waals surface area contributed by atoms with E-state index in [-0.39, 0.29) is 18.1 Å². The van der Waals surface area contributed by atoms with E-state index in [4.69, 9.17) is 0 Å². The van der Waals surface area contributed by atoms with Gasteiger partial charge in [-0.15, -0.1) is 12.4 Å². The number of halogens is 1. The Morgan fingerprint density at radius 2 is 2.18 bits per heavy atom. The zero-order chi connectivity index (χ0) is 11.1. The molecule has 0 aliphatic rings. The maximum Gasteiger partial charge on any atom is 0.271 e. The molecule has 0 unspecified atom stereocenters. The summed E-state index contributed by atoms with van der Waals surface area (Å²) in [6.07, 6.45) is 3.41. The zero-order valence-electron chi connectivity index (χ0n) is 8.48. The summed E-state index contributed by atoms with van der Waals surface area (Å²) in [5.74, 6) is 0.540. The van der Waals surface area contributed by atoms with Crippen molar-refractivity contribution < 1.29 is 4.92 Å². The van der Waals surface area contributed by atoms with Gasteiger partial charge < -0.3 is 0 Å². The maximum absolute atomic E-state index is 10.7. The number of benzene rings is 1. The molecule has 0 aliphatic carbocycles. The molecule has 0 atom stereocenters. The van der Waals surface area contributed by atoms with Crippen molar-refractivity contribution in [3.63, 3.8) is 0 Å². The normalized spacial score (nSPS) is 10.4. The summed E-state index contributed by atoms with van der Waals surface area (Å²) in [7, 11) is 0. The van der Waals surface area contributed by atoms with Gasteiger partial charge in [0.05, 0.1) is 16.0 Å². The van der Waals surface area contributed by atoms with Crippen LogP contribution in [0.2, 0.25) is 0 Å². The van der Waals surface area contributed by atoms with Crippen LogP contribution in [0, 0.1) is 10.1 Å². The van der Waals surface area contributed by atoms with E-state index in [9.17, 15) is 10.1 Å². The first-order valence-electron chi connectivity index (χ1n) is 4.63. The average Bonchev–Trinajstić information content (AvgIpc) is 2.66. The highest BCUT2D eigenvalue weighted by atomic mass is 35.5. The van der Waals surface area contributed by atoms with Crippen LogP contribution >= 0.6 is 12.4 Å². The molecule has 17 heavy (non-hydrogen) atoms. The number of rotatable bonds is 1. The minimum Gasteiger partial charge on any atom is -0.283 e. The third kappa shape index (κ3) is 1.68. The molecule has 0 bridgehead atoms. The van der Waals surface area contributed by atoms with Crippen LogP contribution < -0.4 is 0 Å². The molecule has 3 rings (SSSR count). The van der Waals surface area contributed by atoms with Gasteiger partial charge in [-0.3, -0.25) is 14.5 Å². The Kier molecular flexibility index (Phi) is 2.64. The van der Waals surface area contributed by atoms with Crippen LogP contribution in [-0.4, -0.2) is 19.3 Å². The maximum atomic E-state index is 10.7. The van der Waals surface area contributed by atoms with Crippen LogP contribution in [0.1, 0.15) is 0 Å². The van der Waals surface area contributed by atoms with Crippen molar-refractivity contribution in [2.75, 3.05) is 0 Å². The number of hydrogen-bond donors (Lipinski definition) is 0. The fourth-order valence-electron chi connectivity index (χ4n) is 1.65. The Morgan fingerprint density at radius 1 is 1.35 bits per heavy atom. The SMILES string of the molecule is Cl.O=[N+]([O-])c1ccc2nc3ncccn3c2c1. The van der Waals surface area contributed by atoms with Gasteiger partial charge in [-0.1, -0.05) is 0 Å². The molecular weight excluding hydrogens is 244 g/mol. The molecule has 0 fully saturated rings. The molecule has 7 heteroatoms. The number of imidazole rings is 1. The number of nitrogens with zero attached hydrogens (tertiary/aromatic N) is 4. The van der Waals surface area contributed by atoms with Crippen LogP contribution in [0.15, 0.2) is 36.7 Å². The summed E-state index contributed by atoms with van der Waals surface area (Å²) in [6, 6.07) is 6.32. The Balaban J connectivity index is 0.00000108. The minimum atomic E-state index is -0.421. The van der Waals surface area contributed by atoms with E-state index in [0.29, 0.717) is 16.8 Å². The Morgan fingerprint density at radius 3 is 2.94 bits per heavy atom. The fraction of sp³-hybridized carbons (Fsp3) is 0. The van der Waals surface area contributed by atoms with Gasteiger partial charge in [0.15, 0.2) is 0 Å². The molecule has 3 aromatic rings. The van der Waals surface area contributed by atoms with Crippen molar-refractivity contribution in [2.45, 2.75) is 0 Å². The second-order valence-electron chi connectivity index (χ2n) is 3.33. The summed E-state index contributed by atoms with van der Waals surface area (Å²) in [5, 5.41) is 10.7. The lowest BCUT2D eigenvalue weighted by Crippen LogP contribution is -1.89. The van der Waals surface area contributed by atoms with Gasteiger partial charge in [0.2, 0.25) is 5.78 Å². The molecule has 0 amide bonds. The molecule has 86 valence electrons. The van der Waals surface area contributed by atoms with Crippen molar-refractivity contribution >= 4 is 34.9 Å². The minimum absolute atomic E-state index is 0. The summed E-state index contributed by atoms with van der Waals surface area (Å²) in [6.45, 7) is 0. The summed E-state index contributed by atoms with van der Waals surface area (Å²) >= 11 is 0. The highest BCUT2D eigenvalue weighted by Gasteiger charge is 2.10. The van der Waals surface area contributed by atoms with E-state index in [1.807, 2.05) is 0 Å². The monoisotopic (exact) mass is 250 g/mol. The second kappa shape index (κ2) is 3.99. The number of nitro groups is 1. The number of hydrogen-bond acceptors (Lipinski definition) is 4. The Labute approximate surface area is 101 Å². The first-order chi connectivity index (χ1) is 7.75. The van der Waals surface area contributed by atoms with Gasteiger partial charge in [-0.25, -0.2) is 9.97 Å². The smallest absolute Gasteiger partial charge is 0.271 e. The summed E-state index contributed by atoms with van der Waals surface area (Å²) < 4.78 is 1.72. The molecule has 0 spiro atoms. The van der Waals surface area contributed by atoms with E-state index in [2.05, 4.69) is 9.97 Å². The number of aromatic nitrogens is 3. The van der Waals surface area contributed by atoms with Crippen molar-refractivity contribution in [3.8, 4) is 0 Å². The van der Waals surface area contributed by atoms with Gasteiger partial charge in [0.1, 0.15) is 0 Å². The molecule has 0 N–H and O–H groups in total. The molecule has 2 heterocycles. The molecule has 0 aliphatic heterocycles. The van der Waals surface area contributed by atoms with Gasteiger partial charge >= 0.3 is 0 Å². The Hall–Kier alpha value is -2.21. The largest absolute Gasteiger partial charge is 0.283 e. The standard InChI is InChI=1S/C10H6N4O2.ClH/c15-14(16)7-2-3-8-9(6-7)13-5-1-4-11-10(13)12-8;/h1-6H;1H. The molecule has 0 radical (unpaired) electrons. The van der Waals surface area contributed by atoms with Gasteiger partial charge in [0.25, 0.3) is 5.69 Å². The Bertz CT molecular complexity index is 710. The second-order valence-corrected chi connectivity index (χ2v) is 3.33. The van der Waals surface area contributed by atoms with Crippen LogP contribution in [0.4, 0.5) is 5.69 Å². The van der Waals surface area contributed by atoms with E-state index < -0.39 is 4.92 Å². The quantitative estimate of drug-likeness (QED) is 0.490. The summed E-state index contributed by atoms with van der Waals surface area (Å²) in [4.78, 5) is 18.6. The van der Waals surface area contributed by atoms with E-state index >= 15 is 0 Å². The third-order valence-corrected chi connectivity index (χ3v) is 2.38. The predicted molar refractivity (Wildman–Crippen MR) is 64.4 cm³/mol. The van der Waals surface area contributed by atoms with Crippen LogP contribution in [0.5, 0.6) is 0 Å². The van der Waals surface area contributed by atoms with Gasteiger partial charge in [0, 0.05) is 24.5 Å². The lowest BCUT2D eigenvalue weighted by atomic mass is 10.3. The van der Waals surface area contributed by atoms with E-state index in [0.717, 1.165) is 0 Å². The van der Waals surface area contributed by atoms with Crippen molar-refractivity contribution in [2.24, 2.45) is 0 Å². The van der Waals surface area contributed by atoms with Gasteiger partial charge in [-0.2, -0.15) is 0 Å². The molecule has 0 saturated carbocycles. The van der Waals surface area contributed by atoms with Crippen molar-refractivity contribution in [1.29, 1.82) is 0 Å². The van der Waals surface area contributed by atoms with E-state index in [1.165, 1.54) is 12.1 Å². The average molecular weight is 251 g/mol. The summed E-state index contributed by atoms with van der Waals surface area (Å²) in [5.41, 5.74) is 1.44. The molecule has 6 nitrogen and oxygen atoms in total.